The molecule has 2 rings (SSSR count). The van der Waals surface area contributed by atoms with Crippen LogP contribution in [-0.4, -0.2) is 74.9 Å². The van der Waals surface area contributed by atoms with Crippen LogP contribution in [0, 0.1) is 0 Å². The van der Waals surface area contributed by atoms with Gasteiger partial charge in [-0.15, -0.1) is 0 Å². The number of rotatable bonds is 33. The molecule has 2 aromatic carbocycles. The van der Waals surface area contributed by atoms with Crippen LogP contribution < -0.4 is 10.6 Å². The van der Waals surface area contributed by atoms with E-state index in [2.05, 4.69) is 10.6 Å². The van der Waals surface area contributed by atoms with Crippen molar-refractivity contribution in [3.63, 3.8) is 0 Å². The smallest absolute Gasteiger partial charge is 0.331 e. The number of sulfonamides is 2. The molecule has 0 heterocycles. The third kappa shape index (κ3) is 19.8. The quantitative estimate of drug-likeness (QED) is 0.0602. The zero-order chi connectivity index (χ0) is 45.1. The first-order valence-electron chi connectivity index (χ1n) is 23.1. The zero-order valence-electron chi connectivity index (χ0n) is 37.5. The van der Waals surface area contributed by atoms with E-state index in [0.29, 0.717) is 79.2 Å². The first kappa shape index (κ1) is 54.6. The minimum atomic E-state index is -4.06. The largest absolute Gasteiger partial charge is 0.393 e. The normalized spacial score (nSPS) is 12.3. The average Bonchev–Trinajstić information content (AvgIpc) is 3.22. The van der Waals surface area contributed by atoms with E-state index in [-0.39, 0.29) is 29.0 Å². The van der Waals surface area contributed by atoms with Crippen molar-refractivity contribution >= 4 is 55.3 Å². The molecule has 4 amide bonds. The molecule has 3 N–H and O–H groups in total. The maximum Gasteiger partial charge on any atom is 0.331 e. The fraction of sp³-hybridized carbons (Fsp3) is 0.696. The van der Waals surface area contributed by atoms with Gasteiger partial charge in [0.1, 0.15) is 0 Å². The number of nitrogens with one attached hydrogen (secondary N) is 2. The molecule has 0 saturated carbocycles. The summed E-state index contributed by atoms with van der Waals surface area (Å²) in [5, 5.41) is 16.9. The highest BCUT2D eigenvalue weighted by Gasteiger charge is 2.32. The summed E-state index contributed by atoms with van der Waals surface area (Å²) in [5.41, 5.74) is 1.25. The first-order valence-corrected chi connectivity index (χ1v) is 26.7. The summed E-state index contributed by atoms with van der Waals surface area (Å²) < 4.78 is 56.2. The molecule has 0 radical (unpaired) electrons. The molecule has 0 aromatic heterocycles. The maximum atomic E-state index is 13.6. The third-order valence-electron chi connectivity index (χ3n) is 10.8. The van der Waals surface area contributed by atoms with Gasteiger partial charge < -0.3 is 15.7 Å². The third-order valence-corrected chi connectivity index (χ3v) is 15.0. The fourth-order valence-electron chi connectivity index (χ4n) is 7.42. The summed E-state index contributed by atoms with van der Waals surface area (Å²) in [6, 6.07) is 8.32. The molecule has 1 atom stereocenters. The second-order valence-electron chi connectivity index (χ2n) is 16.2. The molecule has 11 nitrogen and oxygen atoms in total. The number of benzene rings is 2. The highest BCUT2D eigenvalue weighted by molar-refractivity contribution is 7.90. The van der Waals surface area contributed by atoms with Crippen molar-refractivity contribution in [3.05, 3.63) is 57.6 Å². The van der Waals surface area contributed by atoms with Gasteiger partial charge in [-0.2, -0.15) is 0 Å². The van der Waals surface area contributed by atoms with Gasteiger partial charge in [-0.05, 0) is 112 Å². The maximum absolute atomic E-state index is 13.6. The molecule has 1 unspecified atom stereocenters. The molecule has 0 spiro atoms. The number of aliphatic hydroxyl groups excluding tert-OH is 1. The number of aryl methyl sites for hydroxylation is 2. The summed E-state index contributed by atoms with van der Waals surface area (Å²) in [4.78, 5) is 25.7. The molecular weight excluding hydrogens is 856 g/mol. The molecule has 0 aliphatic rings. The molecular formula is C46H76Cl2N4O7S2. The first-order chi connectivity index (χ1) is 29.2. The Balaban J connectivity index is 1.60. The molecule has 348 valence electrons. The molecule has 0 bridgehead atoms. The molecule has 0 aliphatic heterocycles. The topological polar surface area (TPSA) is 153 Å². The number of amides is 4. The zero-order valence-corrected chi connectivity index (χ0v) is 40.6. The van der Waals surface area contributed by atoms with Crippen LogP contribution in [0.3, 0.4) is 0 Å². The Morgan fingerprint density at radius 1 is 0.541 bits per heavy atom. The summed E-state index contributed by atoms with van der Waals surface area (Å²) >= 11 is 12.5. The molecule has 0 aliphatic carbocycles. The van der Waals surface area contributed by atoms with Crippen LogP contribution in [0.25, 0.3) is 0 Å². The van der Waals surface area contributed by atoms with Gasteiger partial charge in [-0.3, -0.25) is 0 Å². The minimum Gasteiger partial charge on any atom is -0.393 e. The number of hydrogen-bond donors (Lipinski definition) is 3. The van der Waals surface area contributed by atoms with E-state index < -0.39 is 32.1 Å². The summed E-state index contributed by atoms with van der Waals surface area (Å²) in [5.74, 6) is 0. The van der Waals surface area contributed by atoms with Crippen molar-refractivity contribution in [2.75, 3.05) is 26.2 Å². The Bertz CT molecular complexity index is 1800. The van der Waals surface area contributed by atoms with Gasteiger partial charge >= 0.3 is 12.1 Å². The fourth-order valence-corrected chi connectivity index (χ4v) is 11.2. The Labute approximate surface area is 379 Å². The number of aliphatic hydroxyl groups is 1. The lowest BCUT2D eigenvalue weighted by Gasteiger charge is -2.24. The predicted molar refractivity (Wildman–Crippen MR) is 251 cm³/mol. The second kappa shape index (κ2) is 30.5. The second-order valence-corrected chi connectivity index (χ2v) is 20.7. The van der Waals surface area contributed by atoms with Crippen LogP contribution in [0.1, 0.15) is 174 Å². The lowest BCUT2D eigenvalue weighted by molar-refractivity contribution is 0.147. The highest BCUT2D eigenvalue weighted by Crippen LogP contribution is 2.28. The SMILES string of the molecule is CCCNC(=O)N(CCC)S(=O)(=O)c1ccc(Cl)cc1CCCCCCCCCCCCCCCC(O)CCCCc1cc(Cl)ccc1S(=O)(=O)N(CCC)C(=O)NCCC. The molecule has 0 saturated heterocycles. The number of carbonyl (C=O) groups excluding carboxylic acids is 2. The van der Waals surface area contributed by atoms with Gasteiger partial charge in [0.15, 0.2) is 0 Å². The molecule has 61 heavy (non-hydrogen) atoms. The van der Waals surface area contributed by atoms with Crippen molar-refractivity contribution in [3.8, 4) is 0 Å². The van der Waals surface area contributed by atoms with Gasteiger partial charge in [0.2, 0.25) is 0 Å². The Hall–Kier alpha value is -2.58. The van der Waals surface area contributed by atoms with E-state index in [4.69, 9.17) is 23.2 Å². The lowest BCUT2D eigenvalue weighted by Crippen LogP contribution is -2.44. The number of unbranched alkanes of at least 4 members (excludes halogenated alkanes) is 13. The number of halogens is 2. The Morgan fingerprint density at radius 3 is 1.23 bits per heavy atom. The predicted octanol–water partition coefficient (Wildman–Crippen LogP) is 11.8. The highest BCUT2D eigenvalue weighted by atomic mass is 35.5. The monoisotopic (exact) mass is 930 g/mol. The van der Waals surface area contributed by atoms with Gasteiger partial charge in [0, 0.05) is 36.2 Å². The van der Waals surface area contributed by atoms with E-state index in [9.17, 15) is 31.5 Å². The van der Waals surface area contributed by atoms with E-state index in [1.54, 1.807) is 24.3 Å². The van der Waals surface area contributed by atoms with E-state index in [0.717, 1.165) is 66.4 Å². The molecule has 2 aromatic rings. The number of hydrogen-bond acceptors (Lipinski definition) is 7. The van der Waals surface area contributed by atoms with E-state index in [1.165, 1.54) is 57.1 Å². The number of carbonyl (C=O) groups is 2. The number of urea groups is 2. The van der Waals surface area contributed by atoms with Crippen LogP contribution in [0.5, 0.6) is 0 Å². The van der Waals surface area contributed by atoms with Gasteiger partial charge in [-0.25, -0.2) is 35.0 Å². The average molecular weight is 932 g/mol. The van der Waals surface area contributed by atoms with E-state index >= 15 is 0 Å². The standard InChI is InChI=1S/C46H76Cl2N4O7S2/c1-5-32-49-45(54)51(34-7-3)60(56,57)43-30-28-40(47)36-38(43)24-20-18-16-14-12-10-9-11-13-15-17-19-21-26-42(53)27-23-22-25-39-37-41(48)29-31-44(39)61(58,59)52(35-8-4)46(55)50-33-6-2/h28-31,36-37,42,53H,5-27,32-35H2,1-4H3,(H,49,54)(H,50,55). The van der Waals surface area contributed by atoms with Crippen LogP contribution in [0.2, 0.25) is 10.0 Å². The van der Waals surface area contributed by atoms with Crippen molar-refractivity contribution < 1.29 is 31.5 Å². The Kier molecular flexibility index (Phi) is 27.3. The molecule has 0 fully saturated rings. The van der Waals surface area contributed by atoms with Crippen LogP contribution in [-0.2, 0) is 32.9 Å². The van der Waals surface area contributed by atoms with Crippen molar-refractivity contribution in [1.82, 2.24) is 19.2 Å². The van der Waals surface area contributed by atoms with Crippen LogP contribution in [0.15, 0.2) is 46.2 Å². The van der Waals surface area contributed by atoms with Gasteiger partial charge in [-0.1, -0.05) is 134 Å². The van der Waals surface area contributed by atoms with Crippen LogP contribution in [0.4, 0.5) is 9.59 Å². The number of nitrogens with zero attached hydrogens (tertiary/aromatic N) is 2. The van der Waals surface area contributed by atoms with Gasteiger partial charge in [0.05, 0.1) is 15.9 Å². The van der Waals surface area contributed by atoms with Crippen molar-refractivity contribution in [2.45, 2.75) is 191 Å². The summed E-state index contributed by atoms with van der Waals surface area (Å²) in [6.07, 6.45) is 20.8. The van der Waals surface area contributed by atoms with Gasteiger partial charge in [0.25, 0.3) is 20.0 Å². The van der Waals surface area contributed by atoms with E-state index in [1.807, 2.05) is 27.7 Å². The Morgan fingerprint density at radius 2 is 0.869 bits per heavy atom. The summed E-state index contributed by atoms with van der Waals surface area (Å²) in [7, 11) is -8.07. The minimum absolute atomic E-state index is 0.0907. The van der Waals surface area contributed by atoms with Crippen molar-refractivity contribution in [1.29, 1.82) is 0 Å². The van der Waals surface area contributed by atoms with Crippen LogP contribution >= 0.6 is 23.2 Å². The molecule has 15 heteroatoms. The van der Waals surface area contributed by atoms with Crippen molar-refractivity contribution in [2.24, 2.45) is 0 Å². The lowest BCUT2D eigenvalue weighted by atomic mass is 10.0. The summed E-state index contributed by atoms with van der Waals surface area (Å²) in [6.45, 7) is 8.55.